The highest BCUT2D eigenvalue weighted by Gasteiger charge is 2.30. The monoisotopic (exact) mass is 330 g/mol. The van der Waals surface area contributed by atoms with Gasteiger partial charge in [-0.15, -0.1) is 0 Å². The number of aryl methyl sites for hydroxylation is 1. The maximum Gasteiger partial charge on any atom is 0.323 e. The second kappa shape index (κ2) is 7.21. The molecule has 2 heterocycles. The van der Waals surface area contributed by atoms with Crippen LogP contribution in [0.3, 0.4) is 0 Å². The van der Waals surface area contributed by atoms with Crippen molar-refractivity contribution in [2.75, 3.05) is 13.1 Å². The van der Waals surface area contributed by atoms with Crippen LogP contribution in [0, 0.1) is 5.92 Å². The molecule has 0 unspecified atom stereocenters. The first-order valence-electron chi connectivity index (χ1n) is 8.79. The van der Waals surface area contributed by atoms with Crippen molar-refractivity contribution in [1.82, 2.24) is 14.9 Å². The lowest BCUT2D eigenvalue weighted by Crippen LogP contribution is -2.51. The molecule has 6 nitrogen and oxygen atoms in total. The second-order valence-corrected chi connectivity index (χ2v) is 6.82. The Bertz CT molecular complexity index is 764. The average Bonchev–Trinajstić information content (AvgIpc) is 2.93. The number of aromatic nitrogens is 2. The molecular weight excluding hydrogens is 304 g/mol. The van der Waals surface area contributed by atoms with E-state index >= 15 is 0 Å². The molecule has 0 saturated carbocycles. The molecule has 1 saturated heterocycles. The molecule has 1 aliphatic heterocycles. The molecule has 1 aromatic carbocycles. The number of amides is 1. The van der Waals surface area contributed by atoms with Crippen LogP contribution in [0.5, 0.6) is 0 Å². The van der Waals surface area contributed by atoms with Gasteiger partial charge in [0.15, 0.2) is 0 Å². The second-order valence-electron chi connectivity index (χ2n) is 6.82. The van der Waals surface area contributed by atoms with E-state index in [2.05, 4.69) is 16.9 Å². The zero-order valence-corrected chi connectivity index (χ0v) is 14.2. The molecule has 4 N–H and O–H groups in total. The van der Waals surface area contributed by atoms with E-state index in [4.69, 9.17) is 5.73 Å². The van der Waals surface area contributed by atoms with Crippen LogP contribution in [0.1, 0.15) is 38.2 Å². The third-order valence-electron chi connectivity index (χ3n) is 5.11. The summed E-state index contributed by atoms with van der Waals surface area (Å²) in [4.78, 5) is 31.3. The molecular formula is C18H26N4O2. The van der Waals surface area contributed by atoms with Gasteiger partial charge in [-0.2, -0.15) is 0 Å². The largest absolute Gasteiger partial charge is 0.338 e. The Morgan fingerprint density at radius 2 is 2.12 bits per heavy atom. The minimum Gasteiger partial charge on any atom is -0.338 e. The molecule has 3 rings (SSSR count). The van der Waals surface area contributed by atoms with Gasteiger partial charge in [-0.25, -0.2) is 4.79 Å². The van der Waals surface area contributed by atoms with Crippen LogP contribution in [0.25, 0.3) is 11.0 Å². The molecule has 1 fully saturated rings. The van der Waals surface area contributed by atoms with Crippen LogP contribution < -0.4 is 11.4 Å². The molecule has 6 heteroatoms. The number of aromatic amines is 2. The van der Waals surface area contributed by atoms with E-state index in [0.29, 0.717) is 18.9 Å². The van der Waals surface area contributed by atoms with Crippen molar-refractivity contribution in [3.05, 3.63) is 34.2 Å². The van der Waals surface area contributed by atoms with Gasteiger partial charge in [0.1, 0.15) is 0 Å². The normalized spacial score (nSPS) is 21.3. The molecule has 130 valence electrons. The summed E-state index contributed by atoms with van der Waals surface area (Å²) in [5.41, 5.74) is 8.44. The number of likely N-dealkylation sites (tertiary alicyclic amines) is 1. The molecule has 0 aliphatic carbocycles. The predicted molar refractivity (Wildman–Crippen MR) is 94.8 cm³/mol. The fourth-order valence-corrected chi connectivity index (χ4v) is 3.74. The maximum absolute atomic E-state index is 12.5. The third-order valence-corrected chi connectivity index (χ3v) is 5.11. The van der Waals surface area contributed by atoms with Crippen molar-refractivity contribution in [1.29, 1.82) is 0 Å². The van der Waals surface area contributed by atoms with E-state index in [1.807, 2.05) is 23.1 Å². The van der Waals surface area contributed by atoms with Crippen molar-refractivity contribution >= 4 is 16.9 Å². The Balaban J connectivity index is 1.56. The smallest absolute Gasteiger partial charge is 0.323 e. The first-order valence-corrected chi connectivity index (χ1v) is 8.79. The Morgan fingerprint density at radius 1 is 1.33 bits per heavy atom. The van der Waals surface area contributed by atoms with Gasteiger partial charge in [0.05, 0.1) is 11.0 Å². The number of carbonyl (C=O) groups excluding carboxylic acids is 1. The summed E-state index contributed by atoms with van der Waals surface area (Å²) in [7, 11) is 0. The quantitative estimate of drug-likeness (QED) is 0.779. The number of imidazole rings is 1. The summed E-state index contributed by atoms with van der Waals surface area (Å²) >= 11 is 0. The topological polar surface area (TPSA) is 95.0 Å². The summed E-state index contributed by atoms with van der Waals surface area (Å²) in [6.45, 7) is 3.57. The molecule has 2 atom stereocenters. The molecule has 2 aromatic rings. The zero-order chi connectivity index (χ0) is 17.1. The molecule has 1 aromatic heterocycles. The highest BCUT2D eigenvalue weighted by atomic mass is 16.2. The van der Waals surface area contributed by atoms with Gasteiger partial charge in [0.25, 0.3) is 0 Å². The van der Waals surface area contributed by atoms with Crippen molar-refractivity contribution in [3.8, 4) is 0 Å². The van der Waals surface area contributed by atoms with Gasteiger partial charge in [-0.3, -0.25) is 4.79 Å². The van der Waals surface area contributed by atoms with Gasteiger partial charge in [0, 0.05) is 25.6 Å². The first-order chi connectivity index (χ1) is 11.6. The van der Waals surface area contributed by atoms with E-state index in [0.717, 1.165) is 48.8 Å². The molecule has 0 spiro atoms. The molecule has 0 bridgehead atoms. The van der Waals surface area contributed by atoms with E-state index in [9.17, 15) is 9.59 Å². The van der Waals surface area contributed by atoms with Crippen molar-refractivity contribution in [2.24, 2.45) is 11.7 Å². The maximum atomic E-state index is 12.5. The van der Waals surface area contributed by atoms with Crippen molar-refractivity contribution in [2.45, 2.75) is 45.1 Å². The number of benzene rings is 1. The van der Waals surface area contributed by atoms with E-state index in [-0.39, 0.29) is 17.6 Å². The minimum absolute atomic E-state index is 0.188. The van der Waals surface area contributed by atoms with Crippen LogP contribution in [-0.4, -0.2) is 39.9 Å². The summed E-state index contributed by atoms with van der Waals surface area (Å²) < 4.78 is 0. The van der Waals surface area contributed by atoms with Crippen molar-refractivity contribution in [3.63, 3.8) is 0 Å². The Kier molecular flexibility index (Phi) is 5.04. The van der Waals surface area contributed by atoms with Crippen LogP contribution in [-0.2, 0) is 11.2 Å². The zero-order valence-electron chi connectivity index (χ0n) is 14.2. The van der Waals surface area contributed by atoms with Gasteiger partial charge in [-0.05, 0) is 49.3 Å². The minimum atomic E-state index is -0.190. The van der Waals surface area contributed by atoms with Crippen LogP contribution >= 0.6 is 0 Å². The highest BCUT2D eigenvalue weighted by Crippen LogP contribution is 2.23. The summed E-state index contributed by atoms with van der Waals surface area (Å²) in [5.74, 6) is 0.702. The van der Waals surface area contributed by atoms with E-state index in [1.165, 1.54) is 0 Å². The number of hydrogen-bond donors (Lipinski definition) is 3. The van der Waals surface area contributed by atoms with Gasteiger partial charge < -0.3 is 20.6 Å². The van der Waals surface area contributed by atoms with Gasteiger partial charge in [-0.1, -0.05) is 13.0 Å². The Morgan fingerprint density at radius 3 is 2.92 bits per heavy atom. The number of nitrogens with one attached hydrogen (secondary N) is 2. The lowest BCUT2D eigenvalue weighted by molar-refractivity contribution is -0.136. The molecule has 24 heavy (non-hydrogen) atoms. The fourth-order valence-electron chi connectivity index (χ4n) is 3.74. The number of rotatable bonds is 5. The number of carbonyl (C=O) groups is 1. The molecule has 1 amide bonds. The van der Waals surface area contributed by atoms with Crippen LogP contribution in [0.4, 0.5) is 0 Å². The van der Waals surface area contributed by atoms with Crippen LogP contribution in [0.2, 0.25) is 0 Å². The fraction of sp³-hybridized carbons (Fsp3) is 0.556. The van der Waals surface area contributed by atoms with Gasteiger partial charge >= 0.3 is 5.69 Å². The summed E-state index contributed by atoms with van der Waals surface area (Å²) in [6.07, 6.45) is 4.40. The standard InChI is InChI=1S/C18H26N4O2/c1-12-4-3-9-22(16(12)11-19)17(23)6-2-5-13-7-8-14-15(10-13)21-18(24)20-14/h7-8,10,12,16H,2-6,9,11,19H2,1H3,(H2,20,21,24)/t12-,16-/m1/s1. The average molecular weight is 330 g/mol. The van der Waals surface area contributed by atoms with E-state index < -0.39 is 0 Å². The number of hydrogen-bond acceptors (Lipinski definition) is 3. The van der Waals surface area contributed by atoms with Crippen LogP contribution in [0.15, 0.2) is 23.0 Å². The molecule has 1 aliphatic rings. The van der Waals surface area contributed by atoms with Gasteiger partial charge in [0.2, 0.25) is 5.91 Å². The number of piperidine rings is 1. The number of nitrogens with zero attached hydrogens (tertiary/aromatic N) is 1. The molecule has 0 radical (unpaired) electrons. The number of fused-ring (bicyclic) bond motifs is 1. The van der Waals surface area contributed by atoms with E-state index in [1.54, 1.807) is 0 Å². The number of H-pyrrole nitrogens is 2. The number of nitrogens with two attached hydrogens (primary N) is 1. The summed E-state index contributed by atoms with van der Waals surface area (Å²) in [5, 5.41) is 0. The lowest BCUT2D eigenvalue weighted by atomic mass is 9.90. The Labute approximate surface area is 141 Å². The van der Waals surface area contributed by atoms with Crippen molar-refractivity contribution < 1.29 is 4.79 Å². The highest BCUT2D eigenvalue weighted by molar-refractivity contribution is 5.77. The predicted octanol–water partition coefficient (Wildman–Crippen LogP) is 1.76. The summed E-state index contributed by atoms with van der Waals surface area (Å²) in [6, 6.07) is 6.07. The SMILES string of the molecule is C[C@@H]1CCCN(C(=O)CCCc2ccc3[nH]c(=O)[nH]c3c2)[C@@H]1CN. The first kappa shape index (κ1) is 16.8. The third kappa shape index (κ3) is 3.53. The lowest BCUT2D eigenvalue weighted by Gasteiger charge is -2.39. The Hall–Kier alpha value is -2.08.